The summed E-state index contributed by atoms with van der Waals surface area (Å²) in [6.45, 7) is 0. The molecule has 1 N–H and O–H groups in total. The molecule has 0 radical (unpaired) electrons. The third-order valence-electron chi connectivity index (χ3n) is 4.42. The Morgan fingerprint density at radius 2 is 1.68 bits per heavy atom. The van der Waals surface area contributed by atoms with Crippen LogP contribution in [0.4, 0.5) is 5.95 Å². The fraction of sp³-hybridized carbons (Fsp3) is 0.0476. The molecule has 1 aromatic heterocycles. The molecule has 0 aliphatic carbocycles. The molecule has 1 atom stereocenters. The summed E-state index contributed by atoms with van der Waals surface area (Å²) in [5.74, 6) is -1.81. The number of carbonyl (C=O) groups excluding carboxylic acids is 2. The molecule has 1 aliphatic rings. The van der Waals surface area contributed by atoms with Crippen molar-refractivity contribution < 1.29 is 14.7 Å². The van der Waals surface area contributed by atoms with E-state index in [-0.39, 0.29) is 17.3 Å². The number of anilines is 1. The molecule has 2 aromatic carbocycles. The van der Waals surface area contributed by atoms with Crippen LogP contribution < -0.4 is 4.90 Å². The zero-order chi connectivity index (χ0) is 19.7. The van der Waals surface area contributed by atoms with Crippen molar-refractivity contribution in [1.29, 1.82) is 0 Å². The van der Waals surface area contributed by atoms with E-state index < -0.39 is 17.7 Å². The lowest BCUT2D eigenvalue weighted by atomic mass is 9.95. The van der Waals surface area contributed by atoms with Crippen molar-refractivity contribution in [3.8, 4) is 0 Å². The number of aromatic nitrogens is 2. The topological polar surface area (TPSA) is 83.4 Å². The molecule has 3 aromatic rings. The van der Waals surface area contributed by atoms with Crippen LogP contribution in [0.5, 0.6) is 0 Å². The van der Waals surface area contributed by atoms with Crippen LogP contribution in [0.1, 0.15) is 17.2 Å². The van der Waals surface area contributed by atoms with Crippen molar-refractivity contribution in [2.75, 3.05) is 4.90 Å². The molecule has 2 heterocycles. The second-order valence-electron chi connectivity index (χ2n) is 6.14. The van der Waals surface area contributed by atoms with Crippen LogP contribution in [0.15, 0.2) is 78.6 Å². The van der Waals surface area contributed by atoms with Gasteiger partial charge in [0.2, 0.25) is 5.95 Å². The number of Topliss-reactive ketones (excluding diaryl/α,β-unsaturated/α-hetero) is 1. The lowest BCUT2D eigenvalue weighted by Gasteiger charge is -2.23. The van der Waals surface area contributed by atoms with Gasteiger partial charge in [0, 0.05) is 23.0 Å². The van der Waals surface area contributed by atoms with Gasteiger partial charge in [-0.15, -0.1) is 0 Å². The van der Waals surface area contributed by atoms with E-state index in [0.717, 1.165) is 0 Å². The summed E-state index contributed by atoms with van der Waals surface area (Å²) in [4.78, 5) is 35.1. The number of rotatable bonds is 3. The summed E-state index contributed by atoms with van der Waals surface area (Å²) >= 11 is 6.14. The van der Waals surface area contributed by atoms with Gasteiger partial charge in [-0.2, -0.15) is 0 Å². The number of ketones is 1. The Bertz CT molecular complexity index is 1080. The summed E-state index contributed by atoms with van der Waals surface area (Å²) in [5.41, 5.74) is 0.962. The number of aliphatic hydroxyl groups excluding tert-OH is 1. The van der Waals surface area contributed by atoms with E-state index in [2.05, 4.69) is 9.97 Å². The average Bonchev–Trinajstić information content (AvgIpc) is 3.00. The highest BCUT2D eigenvalue weighted by Crippen LogP contribution is 2.41. The number of amides is 1. The van der Waals surface area contributed by atoms with E-state index in [1.165, 1.54) is 17.3 Å². The molecule has 1 fully saturated rings. The van der Waals surface area contributed by atoms with Crippen molar-refractivity contribution in [3.63, 3.8) is 0 Å². The summed E-state index contributed by atoms with van der Waals surface area (Å²) in [6, 6.07) is 16.1. The number of nitrogens with zero attached hydrogens (tertiary/aromatic N) is 3. The summed E-state index contributed by atoms with van der Waals surface area (Å²) in [7, 11) is 0. The van der Waals surface area contributed by atoms with Crippen molar-refractivity contribution >= 4 is 35.0 Å². The summed E-state index contributed by atoms with van der Waals surface area (Å²) < 4.78 is 0. The van der Waals surface area contributed by atoms with Crippen molar-refractivity contribution in [1.82, 2.24) is 9.97 Å². The first-order valence-corrected chi connectivity index (χ1v) is 8.84. The van der Waals surface area contributed by atoms with Crippen LogP contribution in [-0.4, -0.2) is 26.8 Å². The average molecular weight is 392 g/mol. The molecule has 28 heavy (non-hydrogen) atoms. The molecule has 138 valence electrons. The minimum absolute atomic E-state index is 0.0362. The van der Waals surface area contributed by atoms with E-state index in [9.17, 15) is 14.7 Å². The Hall–Kier alpha value is -3.51. The number of carbonyl (C=O) groups is 2. The lowest BCUT2D eigenvalue weighted by molar-refractivity contribution is -0.132. The first-order chi connectivity index (χ1) is 13.6. The predicted molar refractivity (Wildman–Crippen MR) is 105 cm³/mol. The van der Waals surface area contributed by atoms with Gasteiger partial charge in [0.1, 0.15) is 5.76 Å². The molecule has 6 nitrogen and oxygen atoms in total. The monoisotopic (exact) mass is 391 g/mol. The predicted octanol–water partition coefficient (Wildman–Crippen LogP) is 3.76. The normalized spacial score (nSPS) is 18.5. The molecule has 1 aliphatic heterocycles. The third-order valence-corrected chi connectivity index (χ3v) is 4.66. The number of aliphatic hydroxyl groups is 1. The smallest absolute Gasteiger partial charge is 0.302 e. The maximum Gasteiger partial charge on any atom is 0.302 e. The zero-order valence-electron chi connectivity index (χ0n) is 14.5. The highest BCUT2D eigenvalue weighted by molar-refractivity contribution is 6.51. The minimum Gasteiger partial charge on any atom is -0.507 e. The van der Waals surface area contributed by atoms with Crippen LogP contribution in [-0.2, 0) is 9.59 Å². The first kappa shape index (κ1) is 17.9. The van der Waals surface area contributed by atoms with Crippen LogP contribution in [0.2, 0.25) is 5.02 Å². The third kappa shape index (κ3) is 3.04. The molecule has 0 bridgehead atoms. The van der Waals surface area contributed by atoms with E-state index in [4.69, 9.17) is 11.6 Å². The molecule has 1 saturated heterocycles. The Balaban J connectivity index is 1.96. The second kappa shape index (κ2) is 7.25. The largest absolute Gasteiger partial charge is 0.507 e. The fourth-order valence-electron chi connectivity index (χ4n) is 3.20. The van der Waals surface area contributed by atoms with Crippen LogP contribution in [0.3, 0.4) is 0 Å². The van der Waals surface area contributed by atoms with Crippen molar-refractivity contribution in [2.24, 2.45) is 0 Å². The SMILES string of the molecule is O=C1C(=O)N(c2ncccn2)C(c2cccc(Cl)c2)C1=C(O)c1ccccc1. The molecule has 1 amide bonds. The highest BCUT2D eigenvalue weighted by Gasteiger charge is 2.48. The highest BCUT2D eigenvalue weighted by atomic mass is 35.5. The summed E-state index contributed by atoms with van der Waals surface area (Å²) in [6.07, 6.45) is 2.96. The van der Waals surface area contributed by atoms with Gasteiger partial charge in [-0.3, -0.25) is 14.5 Å². The van der Waals surface area contributed by atoms with E-state index in [1.54, 1.807) is 60.7 Å². The standard InChI is InChI=1S/C21H14ClN3O3/c22-15-9-4-8-14(12-15)17-16(18(26)13-6-2-1-3-7-13)19(27)20(28)25(17)21-23-10-5-11-24-21/h1-12,17,26H. The van der Waals surface area contributed by atoms with Crippen molar-refractivity contribution in [3.05, 3.63) is 94.8 Å². The number of hydrogen-bond acceptors (Lipinski definition) is 5. The fourth-order valence-corrected chi connectivity index (χ4v) is 3.40. The second-order valence-corrected chi connectivity index (χ2v) is 6.58. The van der Waals surface area contributed by atoms with Crippen LogP contribution in [0.25, 0.3) is 5.76 Å². The van der Waals surface area contributed by atoms with Gasteiger partial charge in [0.15, 0.2) is 0 Å². The molecule has 7 heteroatoms. The van der Waals surface area contributed by atoms with Gasteiger partial charge in [-0.1, -0.05) is 54.1 Å². The Labute approximate surface area is 165 Å². The molecule has 0 saturated carbocycles. The maximum atomic E-state index is 12.9. The molecule has 0 spiro atoms. The Morgan fingerprint density at radius 3 is 2.36 bits per heavy atom. The van der Waals surface area contributed by atoms with Gasteiger partial charge < -0.3 is 5.11 Å². The van der Waals surface area contributed by atoms with E-state index in [1.807, 2.05) is 0 Å². The van der Waals surface area contributed by atoms with Gasteiger partial charge in [-0.25, -0.2) is 9.97 Å². The van der Waals surface area contributed by atoms with Crippen molar-refractivity contribution in [2.45, 2.75) is 6.04 Å². The van der Waals surface area contributed by atoms with Crippen LogP contribution in [0, 0.1) is 0 Å². The van der Waals surface area contributed by atoms with Gasteiger partial charge in [-0.05, 0) is 23.8 Å². The maximum absolute atomic E-state index is 12.9. The van der Waals surface area contributed by atoms with E-state index >= 15 is 0 Å². The molecule has 4 rings (SSSR count). The first-order valence-electron chi connectivity index (χ1n) is 8.47. The lowest BCUT2D eigenvalue weighted by Crippen LogP contribution is -2.31. The minimum atomic E-state index is -0.902. The Kier molecular flexibility index (Phi) is 4.63. The molecular weight excluding hydrogens is 378 g/mol. The number of hydrogen-bond donors (Lipinski definition) is 1. The quantitative estimate of drug-likeness (QED) is 0.417. The molecule has 1 unspecified atom stereocenters. The van der Waals surface area contributed by atoms with Crippen LogP contribution >= 0.6 is 11.6 Å². The summed E-state index contributed by atoms with van der Waals surface area (Å²) in [5, 5.41) is 11.3. The Morgan fingerprint density at radius 1 is 0.964 bits per heavy atom. The number of benzene rings is 2. The van der Waals surface area contributed by atoms with Gasteiger partial charge >= 0.3 is 5.91 Å². The molecular formula is C21H14ClN3O3. The number of halogens is 1. The zero-order valence-corrected chi connectivity index (χ0v) is 15.2. The van der Waals surface area contributed by atoms with Gasteiger partial charge in [0.05, 0.1) is 11.6 Å². The van der Waals surface area contributed by atoms with E-state index in [0.29, 0.717) is 16.1 Å². The van der Waals surface area contributed by atoms with Gasteiger partial charge in [0.25, 0.3) is 5.78 Å².